The van der Waals surface area contributed by atoms with Gasteiger partial charge in [0.25, 0.3) is 0 Å². The minimum Gasteiger partial charge on any atom is -0.0625 e. The lowest BCUT2D eigenvalue weighted by Gasteiger charge is -2.41. The van der Waals surface area contributed by atoms with Crippen molar-refractivity contribution in [2.45, 2.75) is 66.2 Å². The van der Waals surface area contributed by atoms with Crippen molar-refractivity contribution in [3.05, 3.63) is 0 Å². The van der Waals surface area contributed by atoms with Gasteiger partial charge in [0.05, 0.1) is 0 Å². The molecule has 0 radical (unpaired) electrons. The molecule has 0 heterocycles. The highest BCUT2D eigenvalue weighted by atomic mass is 14.4. The monoisotopic (exact) mass is 222 g/mol. The molecule has 0 amide bonds. The predicted molar refractivity (Wildman–Crippen MR) is 71.3 cm³/mol. The lowest BCUT2D eigenvalue weighted by atomic mass is 9.64. The third-order valence-corrected chi connectivity index (χ3v) is 5.52. The Balaban J connectivity index is 1.92. The molecule has 0 spiro atoms. The minimum absolute atomic E-state index is 0.978. The Morgan fingerprint density at radius 1 is 0.562 bits per heavy atom. The third kappa shape index (κ3) is 2.81. The number of hydrogen-bond acceptors (Lipinski definition) is 0. The van der Waals surface area contributed by atoms with Gasteiger partial charge in [0.2, 0.25) is 0 Å². The van der Waals surface area contributed by atoms with Gasteiger partial charge in [0, 0.05) is 0 Å². The maximum Gasteiger partial charge on any atom is -0.0381 e. The van der Waals surface area contributed by atoms with Crippen LogP contribution in [-0.4, -0.2) is 0 Å². The molecule has 2 aliphatic rings. The molecule has 0 N–H and O–H groups in total. The van der Waals surface area contributed by atoms with Crippen LogP contribution >= 0.6 is 0 Å². The summed E-state index contributed by atoms with van der Waals surface area (Å²) in [5.74, 6) is 6.07. The molecule has 2 saturated carbocycles. The van der Waals surface area contributed by atoms with Crippen LogP contribution in [0.15, 0.2) is 0 Å². The van der Waals surface area contributed by atoms with Gasteiger partial charge in [-0.2, -0.15) is 0 Å². The van der Waals surface area contributed by atoms with Crippen molar-refractivity contribution in [1.29, 1.82) is 0 Å². The molecule has 5 atom stereocenters. The molecular formula is C16H30. The Hall–Kier alpha value is 0. The van der Waals surface area contributed by atoms with E-state index >= 15 is 0 Å². The topological polar surface area (TPSA) is 0 Å². The Kier molecular flexibility index (Phi) is 3.97. The summed E-state index contributed by atoms with van der Waals surface area (Å²) < 4.78 is 0. The second-order valence-electron chi connectivity index (χ2n) is 7.21. The third-order valence-electron chi connectivity index (χ3n) is 5.52. The zero-order valence-corrected chi connectivity index (χ0v) is 11.7. The molecule has 2 aliphatic carbocycles. The maximum absolute atomic E-state index is 2.48. The predicted octanol–water partition coefficient (Wildman–Crippen LogP) is 5.13. The van der Waals surface area contributed by atoms with E-state index in [2.05, 4.69) is 27.7 Å². The molecule has 0 aliphatic heterocycles. The summed E-state index contributed by atoms with van der Waals surface area (Å²) in [4.78, 5) is 0. The van der Waals surface area contributed by atoms with Crippen LogP contribution in [0.4, 0.5) is 0 Å². The largest absolute Gasteiger partial charge is 0.0625 e. The van der Waals surface area contributed by atoms with Crippen molar-refractivity contribution in [3.63, 3.8) is 0 Å². The Morgan fingerprint density at radius 2 is 1.19 bits per heavy atom. The van der Waals surface area contributed by atoms with E-state index in [-0.39, 0.29) is 0 Å². The van der Waals surface area contributed by atoms with Crippen LogP contribution in [0.5, 0.6) is 0 Å². The number of rotatable bonds is 1. The lowest BCUT2D eigenvalue weighted by Crippen LogP contribution is -2.31. The summed E-state index contributed by atoms with van der Waals surface area (Å²) in [6, 6.07) is 0. The van der Waals surface area contributed by atoms with Crippen LogP contribution in [-0.2, 0) is 0 Å². The van der Waals surface area contributed by atoms with Crippen LogP contribution in [0.3, 0.4) is 0 Å². The van der Waals surface area contributed by atoms with E-state index in [1.54, 1.807) is 0 Å². The lowest BCUT2D eigenvalue weighted by molar-refractivity contribution is 0.0956. The fourth-order valence-electron chi connectivity index (χ4n) is 4.41. The zero-order valence-electron chi connectivity index (χ0n) is 11.7. The molecule has 5 unspecified atom stereocenters. The molecule has 0 aromatic heterocycles. The summed E-state index contributed by atoms with van der Waals surface area (Å²) >= 11 is 0. The Morgan fingerprint density at radius 3 is 1.75 bits per heavy atom. The second kappa shape index (κ2) is 5.10. The summed E-state index contributed by atoms with van der Waals surface area (Å²) in [6.07, 6.45) is 9.06. The quantitative estimate of drug-likeness (QED) is 0.577. The van der Waals surface area contributed by atoms with Gasteiger partial charge in [-0.05, 0) is 67.6 Å². The van der Waals surface area contributed by atoms with Gasteiger partial charge in [0.15, 0.2) is 0 Å². The van der Waals surface area contributed by atoms with E-state index in [0.717, 1.165) is 35.5 Å². The second-order valence-corrected chi connectivity index (χ2v) is 7.21. The first-order chi connectivity index (χ1) is 7.56. The first kappa shape index (κ1) is 12.5. The highest BCUT2D eigenvalue weighted by molar-refractivity contribution is 4.84. The van der Waals surface area contributed by atoms with Crippen LogP contribution < -0.4 is 0 Å². The molecule has 0 saturated heterocycles. The number of hydrogen-bond donors (Lipinski definition) is 0. The molecule has 0 aromatic rings. The van der Waals surface area contributed by atoms with Gasteiger partial charge in [-0.1, -0.05) is 34.1 Å². The van der Waals surface area contributed by atoms with Crippen molar-refractivity contribution in [2.24, 2.45) is 35.5 Å². The molecule has 0 heteroatoms. The molecule has 0 aromatic carbocycles. The summed E-state index contributed by atoms with van der Waals surface area (Å²) in [5.41, 5.74) is 0. The van der Waals surface area contributed by atoms with Gasteiger partial charge < -0.3 is 0 Å². The molecule has 0 nitrogen and oxygen atoms in total. The average Bonchev–Trinajstić information content (AvgIpc) is 2.20. The maximum atomic E-state index is 2.48. The van der Waals surface area contributed by atoms with E-state index in [4.69, 9.17) is 0 Å². The van der Waals surface area contributed by atoms with Gasteiger partial charge in [0.1, 0.15) is 0 Å². The van der Waals surface area contributed by atoms with Crippen molar-refractivity contribution in [3.8, 4) is 0 Å². The summed E-state index contributed by atoms with van der Waals surface area (Å²) in [6.45, 7) is 9.87. The van der Waals surface area contributed by atoms with Crippen molar-refractivity contribution < 1.29 is 0 Å². The summed E-state index contributed by atoms with van der Waals surface area (Å²) in [5, 5.41) is 0. The van der Waals surface area contributed by atoms with Crippen LogP contribution in [0.2, 0.25) is 0 Å². The average molecular weight is 222 g/mol. The first-order valence-corrected chi connectivity index (χ1v) is 7.56. The minimum atomic E-state index is 0.978. The van der Waals surface area contributed by atoms with Crippen LogP contribution in [0, 0.1) is 35.5 Å². The molecule has 2 rings (SSSR count). The van der Waals surface area contributed by atoms with Crippen LogP contribution in [0.25, 0.3) is 0 Å². The molecule has 16 heavy (non-hydrogen) atoms. The van der Waals surface area contributed by atoms with E-state index in [1.807, 2.05) is 0 Å². The van der Waals surface area contributed by atoms with Crippen LogP contribution in [0.1, 0.15) is 66.2 Å². The van der Waals surface area contributed by atoms with Crippen molar-refractivity contribution in [1.82, 2.24) is 0 Å². The zero-order chi connectivity index (χ0) is 11.7. The van der Waals surface area contributed by atoms with E-state index in [0.29, 0.717) is 0 Å². The normalized spacial score (nSPS) is 50.2. The SMILES string of the molecule is CC1CC(C)CC(C2CCC(C)C(C)C2)C1. The first-order valence-electron chi connectivity index (χ1n) is 7.56. The Labute approximate surface area is 102 Å². The smallest absolute Gasteiger partial charge is 0.0381 e. The molecule has 0 bridgehead atoms. The van der Waals surface area contributed by atoms with E-state index < -0.39 is 0 Å². The molecular weight excluding hydrogens is 192 g/mol. The van der Waals surface area contributed by atoms with Crippen molar-refractivity contribution >= 4 is 0 Å². The van der Waals surface area contributed by atoms with Gasteiger partial charge in [-0.3, -0.25) is 0 Å². The fraction of sp³-hybridized carbons (Fsp3) is 1.00. The molecule has 2 fully saturated rings. The van der Waals surface area contributed by atoms with Gasteiger partial charge in [-0.25, -0.2) is 0 Å². The van der Waals surface area contributed by atoms with E-state index in [1.165, 1.54) is 38.5 Å². The Bertz CT molecular complexity index is 210. The van der Waals surface area contributed by atoms with E-state index in [9.17, 15) is 0 Å². The highest BCUT2D eigenvalue weighted by Crippen LogP contribution is 2.44. The summed E-state index contributed by atoms with van der Waals surface area (Å²) in [7, 11) is 0. The van der Waals surface area contributed by atoms with Gasteiger partial charge in [-0.15, -0.1) is 0 Å². The standard InChI is InChI=1S/C16H30/c1-11-7-12(2)9-16(8-11)15-6-5-13(3)14(4)10-15/h11-16H,5-10H2,1-4H3. The molecule has 94 valence electrons. The van der Waals surface area contributed by atoms with Crippen molar-refractivity contribution in [2.75, 3.05) is 0 Å². The highest BCUT2D eigenvalue weighted by Gasteiger charge is 2.33. The van der Waals surface area contributed by atoms with Gasteiger partial charge >= 0.3 is 0 Å². The fourth-order valence-corrected chi connectivity index (χ4v) is 4.41.